The zero-order valence-electron chi connectivity index (χ0n) is 9.37. The number of aromatic nitrogens is 3. The van der Waals surface area contributed by atoms with E-state index in [1.807, 2.05) is 22.8 Å². The lowest BCUT2D eigenvalue weighted by Gasteiger charge is -2.10. The van der Waals surface area contributed by atoms with E-state index in [4.69, 9.17) is 23.8 Å². The van der Waals surface area contributed by atoms with E-state index >= 15 is 0 Å². The number of H-pyrrole nitrogens is 1. The number of rotatable bonds is 2. The molecule has 1 aromatic heterocycles. The highest BCUT2D eigenvalue weighted by Gasteiger charge is 2.12. The van der Waals surface area contributed by atoms with Gasteiger partial charge in [0.2, 0.25) is 0 Å². The Labute approximate surface area is 118 Å². The summed E-state index contributed by atoms with van der Waals surface area (Å²) in [7, 11) is 0. The highest BCUT2D eigenvalue weighted by Crippen LogP contribution is 2.27. The summed E-state index contributed by atoms with van der Waals surface area (Å²) in [5, 5.41) is 7.73. The molecule has 0 aliphatic heterocycles. The van der Waals surface area contributed by atoms with Crippen molar-refractivity contribution in [3.8, 4) is 11.4 Å². The molecule has 0 radical (unpaired) electrons. The Morgan fingerprint density at radius 1 is 1.41 bits per heavy atom. The fourth-order valence-electron chi connectivity index (χ4n) is 1.67. The Bertz CT molecular complexity index is 583. The van der Waals surface area contributed by atoms with Crippen molar-refractivity contribution in [1.82, 2.24) is 14.8 Å². The normalized spacial score (nSPS) is 11.1. The molecule has 0 spiro atoms. The fraction of sp³-hybridized carbons (Fsp3) is 0.273. The third-order valence-corrected chi connectivity index (χ3v) is 3.31. The van der Waals surface area contributed by atoms with Crippen LogP contribution in [0.2, 0.25) is 5.02 Å². The van der Waals surface area contributed by atoms with Crippen molar-refractivity contribution in [1.29, 1.82) is 0 Å². The zero-order valence-corrected chi connectivity index (χ0v) is 12.5. The molecule has 0 aliphatic rings. The monoisotopic (exact) mass is 331 g/mol. The van der Waals surface area contributed by atoms with E-state index in [2.05, 4.69) is 40.0 Å². The van der Waals surface area contributed by atoms with Crippen LogP contribution in [-0.4, -0.2) is 14.8 Å². The summed E-state index contributed by atoms with van der Waals surface area (Å²) in [4.78, 5) is 0. The van der Waals surface area contributed by atoms with Gasteiger partial charge in [-0.15, -0.1) is 0 Å². The van der Waals surface area contributed by atoms with Crippen molar-refractivity contribution >= 4 is 39.7 Å². The number of benzene rings is 1. The molecule has 0 bridgehead atoms. The lowest BCUT2D eigenvalue weighted by atomic mass is 10.2. The maximum Gasteiger partial charge on any atom is 0.195 e. The lowest BCUT2D eigenvalue weighted by molar-refractivity contribution is 0.597. The van der Waals surface area contributed by atoms with E-state index in [-0.39, 0.29) is 6.04 Å². The fourth-order valence-corrected chi connectivity index (χ4v) is 2.87. The summed E-state index contributed by atoms with van der Waals surface area (Å²) >= 11 is 14.7. The van der Waals surface area contributed by atoms with Gasteiger partial charge in [-0.1, -0.05) is 27.5 Å². The molecule has 3 nitrogen and oxygen atoms in total. The third kappa shape index (κ3) is 2.61. The van der Waals surface area contributed by atoms with Crippen molar-refractivity contribution < 1.29 is 0 Å². The van der Waals surface area contributed by atoms with Crippen LogP contribution in [0.4, 0.5) is 0 Å². The summed E-state index contributed by atoms with van der Waals surface area (Å²) in [6.45, 7) is 4.13. The summed E-state index contributed by atoms with van der Waals surface area (Å²) in [6.07, 6.45) is 0. The van der Waals surface area contributed by atoms with E-state index in [1.165, 1.54) is 0 Å². The Kier molecular flexibility index (Phi) is 3.70. The first-order valence-corrected chi connectivity index (χ1v) is 6.70. The topological polar surface area (TPSA) is 33.6 Å². The summed E-state index contributed by atoms with van der Waals surface area (Å²) < 4.78 is 3.50. The van der Waals surface area contributed by atoms with E-state index in [0.29, 0.717) is 9.79 Å². The van der Waals surface area contributed by atoms with E-state index in [1.54, 1.807) is 0 Å². The van der Waals surface area contributed by atoms with Crippen LogP contribution >= 0.6 is 39.7 Å². The van der Waals surface area contributed by atoms with Crippen LogP contribution in [-0.2, 0) is 0 Å². The highest BCUT2D eigenvalue weighted by atomic mass is 79.9. The molecule has 0 aliphatic carbocycles. The predicted molar refractivity (Wildman–Crippen MR) is 75.9 cm³/mol. The van der Waals surface area contributed by atoms with Crippen molar-refractivity contribution in [2.75, 3.05) is 0 Å². The third-order valence-electron chi connectivity index (χ3n) is 2.34. The molecular weight excluding hydrogens is 322 g/mol. The van der Waals surface area contributed by atoms with Crippen LogP contribution in [0.1, 0.15) is 19.9 Å². The van der Waals surface area contributed by atoms with Crippen LogP contribution in [0.15, 0.2) is 22.7 Å². The standard InChI is InChI=1S/C11H11BrClN3S/c1-6(2)16-10(14-15-11(16)17)7-3-8(12)5-9(13)4-7/h3-6H,1-2H3,(H,15,17). The van der Waals surface area contributed by atoms with Gasteiger partial charge < -0.3 is 0 Å². The minimum absolute atomic E-state index is 0.244. The van der Waals surface area contributed by atoms with Gasteiger partial charge in [0.15, 0.2) is 10.6 Å². The molecule has 2 aromatic rings. The molecule has 6 heteroatoms. The second-order valence-corrected chi connectivity index (χ2v) is 5.71. The minimum Gasteiger partial charge on any atom is -0.298 e. The van der Waals surface area contributed by atoms with Gasteiger partial charge in [-0.05, 0) is 44.3 Å². The molecule has 2 rings (SSSR count). The van der Waals surface area contributed by atoms with Crippen molar-refractivity contribution in [2.45, 2.75) is 19.9 Å². The Hall–Kier alpha value is -0.650. The Morgan fingerprint density at radius 3 is 2.71 bits per heavy atom. The maximum absolute atomic E-state index is 6.04. The van der Waals surface area contributed by atoms with Crippen LogP contribution in [0.25, 0.3) is 11.4 Å². The van der Waals surface area contributed by atoms with E-state index in [9.17, 15) is 0 Å². The molecule has 1 aromatic carbocycles. The first kappa shape index (κ1) is 12.8. The van der Waals surface area contributed by atoms with Gasteiger partial charge in [-0.3, -0.25) is 9.67 Å². The highest BCUT2D eigenvalue weighted by molar-refractivity contribution is 9.10. The quantitative estimate of drug-likeness (QED) is 0.815. The number of aromatic amines is 1. The minimum atomic E-state index is 0.244. The number of halogens is 2. The molecule has 17 heavy (non-hydrogen) atoms. The Morgan fingerprint density at radius 2 is 2.12 bits per heavy atom. The van der Waals surface area contributed by atoms with Crippen LogP contribution in [0.3, 0.4) is 0 Å². The Balaban J connectivity index is 2.64. The van der Waals surface area contributed by atoms with Gasteiger partial charge in [-0.2, -0.15) is 5.10 Å². The average Bonchev–Trinajstić information content (AvgIpc) is 2.58. The SMILES string of the molecule is CC(C)n1c(-c2cc(Cl)cc(Br)c2)n[nH]c1=S. The molecule has 1 heterocycles. The van der Waals surface area contributed by atoms with Gasteiger partial charge in [0, 0.05) is 21.1 Å². The molecule has 0 saturated heterocycles. The van der Waals surface area contributed by atoms with Gasteiger partial charge >= 0.3 is 0 Å². The molecule has 1 N–H and O–H groups in total. The lowest BCUT2D eigenvalue weighted by Crippen LogP contribution is -2.03. The van der Waals surface area contributed by atoms with Gasteiger partial charge in [0.05, 0.1) is 0 Å². The molecular formula is C11H11BrClN3S. The van der Waals surface area contributed by atoms with Crippen LogP contribution < -0.4 is 0 Å². The summed E-state index contributed by atoms with van der Waals surface area (Å²) in [5.41, 5.74) is 0.936. The first-order chi connectivity index (χ1) is 7.99. The largest absolute Gasteiger partial charge is 0.298 e. The molecule has 90 valence electrons. The van der Waals surface area contributed by atoms with Crippen molar-refractivity contribution in [3.05, 3.63) is 32.5 Å². The number of nitrogens with zero attached hydrogens (tertiary/aromatic N) is 2. The molecule has 0 unspecified atom stereocenters. The number of hydrogen-bond acceptors (Lipinski definition) is 2. The average molecular weight is 333 g/mol. The first-order valence-electron chi connectivity index (χ1n) is 5.12. The van der Waals surface area contributed by atoms with Crippen LogP contribution in [0.5, 0.6) is 0 Å². The second kappa shape index (κ2) is 4.92. The predicted octanol–water partition coefficient (Wildman–Crippen LogP) is 4.60. The van der Waals surface area contributed by atoms with E-state index in [0.717, 1.165) is 15.9 Å². The number of hydrogen-bond donors (Lipinski definition) is 1. The second-order valence-electron chi connectivity index (χ2n) is 3.97. The summed E-state index contributed by atoms with van der Waals surface area (Å²) in [5.74, 6) is 0.799. The van der Waals surface area contributed by atoms with Gasteiger partial charge in [0.25, 0.3) is 0 Å². The van der Waals surface area contributed by atoms with Gasteiger partial charge in [0.1, 0.15) is 0 Å². The maximum atomic E-state index is 6.04. The molecule has 0 atom stereocenters. The van der Waals surface area contributed by atoms with E-state index < -0.39 is 0 Å². The van der Waals surface area contributed by atoms with Gasteiger partial charge in [-0.25, -0.2) is 0 Å². The molecule has 0 fully saturated rings. The van der Waals surface area contributed by atoms with Crippen LogP contribution in [0, 0.1) is 4.77 Å². The summed E-state index contributed by atoms with van der Waals surface area (Å²) in [6, 6.07) is 5.92. The molecule has 0 saturated carbocycles. The van der Waals surface area contributed by atoms with Crippen molar-refractivity contribution in [3.63, 3.8) is 0 Å². The van der Waals surface area contributed by atoms with Crippen molar-refractivity contribution in [2.24, 2.45) is 0 Å². The molecule has 0 amide bonds. The number of nitrogens with one attached hydrogen (secondary N) is 1. The zero-order chi connectivity index (χ0) is 12.6. The smallest absolute Gasteiger partial charge is 0.195 e.